The molecule has 1 unspecified atom stereocenters. The molecule has 0 aliphatic carbocycles. The number of rotatable bonds is 6. The molecule has 5 heteroatoms. The fourth-order valence-electron chi connectivity index (χ4n) is 2.12. The molecular formula is C15H18N2O2S. The topological polar surface area (TPSA) is 75.3 Å². The van der Waals surface area contributed by atoms with Crippen molar-refractivity contribution in [1.82, 2.24) is 0 Å². The van der Waals surface area contributed by atoms with Crippen LogP contribution in [0, 0.1) is 0 Å². The number of carboxylic acid groups (broad SMARTS) is 1. The number of hydrogen-bond acceptors (Lipinski definition) is 4. The van der Waals surface area contributed by atoms with Gasteiger partial charge in [-0.05, 0) is 36.1 Å². The monoisotopic (exact) mass is 290 g/mol. The van der Waals surface area contributed by atoms with E-state index in [1.165, 1.54) is 10.9 Å². The van der Waals surface area contributed by atoms with Gasteiger partial charge in [0.25, 0.3) is 0 Å². The predicted molar refractivity (Wildman–Crippen MR) is 83.4 cm³/mol. The van der Waals surface area contributed by atoms with E-state index in [0.717, 1.165) is 12.8 Å². The number of carbonyl (C=O) groups is 1. The molecule has 2 rings (SSSR count). The molecule has 0 spiro atoms. The summed E-state index contributed by atoms with van der Waals surface area (Å²) in [5.41, 5.74) is 7.14. The Labute approximate surface area is 122 Å². The zero-order valence-electron chi connectivity index (χ0n) is 11.3. The van der Waals surface area contributed by atoms with Crippen molar-refractivity contribution in [1.29, 1.82) is 0 Å². The maximum absolute atomic E-state index is 11.3. The van der Waals surface area contributed by atoms with Crippen LogP contribution < -0.4 is 11.1 Å². The van der Waals surface area contributed by atoms with Crippen LogP contribution in [-0.4, -0.2) is 11.1 Å². The third kappa shape index (κ3) is 3.30. The molecule has 0 saturated heterocycles. The van der Waals surface area contributed by atoms with Gasteiger partial charge in [-0.2, -0.15) is 0 Å². The summed E-state index contributed by atoms with van der Waals surface area (Å²) in [6.07, 6.45) is 1.95. The van der Waals surface area contributed by atoms with Crippen molar-refractivity contribution < 1.29 is 9.90 Å². The van der Waals surface area contributed by atoms with E-state index in [-0.39, 0.29) is 11.6 Å². The first-order chi connectivity index (χ1) is 9.61. The van der Waals surface area contributed by atoms with Crippen molar-refractivity contribution >= 4 is 28.7 Å². The van der Waals surface area contributed by atoms with E-state index in [9.17, 15) is 9.90 Å². The van der Waals surface area contributed by atoms with Crippen LogP contribution in [-0.2, 0) is 0 Å². The Kier molecular flexibility index (Phi) is 4.63. The van der Waals surface area contributed by atoms with E-state index in [2.05, 4.69) is 18.3 Å². The Morgan fingerprint density at radius 3 is 2.85 bits per heavy atom. The lowest BCUT2D eigenvalue weighted by atomic mass is 10.1. The van der Waals surface area contributed by atoms with Crippen molar-refractivity contribution in [2.24, 2.45) is 0 Å². The normalized spacial score (nSPS) is 12.1. The minimum Gasteiger partial charge on any atom is -0.478 e. The molecule has 2 aromatic rings. The standard InChI is InChI=1S/C15H18N2O2S/c1-2-4-12(14-5-3-8-20-14)17-13-9-10(16)6-7-11(13)15(18)19/h3,5-9,12,17H,2,4,16H2,1H3,(H,18,19). The molecule has 0 bridgehead atoms. The highest BCUT2D eigenvalue weighted by atomic mass is 32.1. The lowest BCUT2D eigenvalue weighted by Gasteiger charge is -2.20. The molecular weight excluding hydrogens is 272 g/mol. The summed E-state index contributed by atoms with van der Waals surface area (Å²) in [4.78, 5) is 12.5. The molecule has 20 heavy (non-hydrogen) atoms. The third-order valence-electron chi connectivity index (χ3n) is 3.07. The van der Waals surface area contributed by atoms with Crippen LogP contribution in [0.4, 0.5) is 11.4 Å². The molecule has 1 aromatic carbocycles. The molecule has 1 aromatic heterocycles. The average Bonchev–Trinajstić information content (AvgIpc) is 2.91. The summed E-state index contributed by atoms with van der Waals surface area (Å²) < 4.78 is 0. The lowest BCUT2D eigenvalue weighted by molar-refractivity contribution is 0.0698. The van der Waals surface area contributed by atoms with E-state index < -0.39 is 5.97 Å². The molecule has 0 aliphatic rings. The number of nitrogens with one attached hydrogen (secondary N) is 1. The van der Waals surface area contributed by atoms with Gasteiger partial charge in [0.15, 0.2) is 0 Å². The SMILES string of the molecule is CCCC(Nc1cc(N)ccc1C(=O)O)c1cccs1. The summed E-state index contributed by atoms with van der Waals surface area (Å²) in [5.74, 6) is -0.950. The van der Waals surface area contributed by atoms with Crippen LogP contribution >= 0.6 is 11.3 Å². The largest absolute Gasteiger partial charge is 0.478 e. The maximum atomic E-state index is 11.3. The van der Waals surface area contributed by atoms with Crippen LogP contribution in [0.15, 0.2) is 35.7 Å². The third-order valence-corrected chi connectivity index (χ3v) is 4.05. The first-order valence-electron chi connectivity index (χ1n) is 6.54. The van der Waals surface area contributed by atoms with Gasteiger partial charge in [0.05, 0.1) is 17.3 Å². The highest BCUT2D eigenvalue weighted by Crippen LogP contribution is 2.30. The smallest absolute Gasteiger partial charge is 0.337 e. The van der Waals surface area contributed by atoms with Crippen molar-refractivity contribution in [2.75, 3.05) is 11.1 Å². The molecule has 1 atom stereocenters. The van der Waals surface area contributed by atoms with Crippen LogP contribution in [0.5, 0.6) is 0 Å². The maximum Gasteiger partial charge on any atom is 0.337 e. The predicted octanol–water partition coefficient (Wildman–Crippen LogP) is 3.98. The van der Waals surface area contributed by atoms with Crippen molar-refractivity contribution in [3.8, 4) is 0 Å². The van der Waals surface area contributed by atoms with Crippen LogP contribution in [0.1, 0.15) is 41.0 Å². The van der Waals surface area contributed by atoms with Crippen LogP contribution in [0.2, 0.25) is 0 Å². The van der Waals surface area contributed by atoms with Gasteiger partial charge in [-0.15, -0.1) is 11.3 Å². The number of benzene rings is 1. The lowest BCUT2D eigenvalue weighted by Crippen LogP contribution is -2.13. The summed E-state index contributed by atoms with van der Waals surface area (Å²) >= 11 is 1.67. The Balaban J connectivity index is 2.30. The number of aromatic carboxylic acids is 1. The fourth-order valence-corrected chi connectivity index (χ4v) is 2.93. The minimum atomic E-state index is -0.950. The van der Waals surface area contributed by atoms with E-state index in [1.54, 1.807) is 23.5 Å². The van der Waals surface area contributed by atoms with E-state index >= 15 is 0 Å². The van der Waals surface area contributed by atoms with Crippen molar-refractivity contribution in [3.05, 3.63) is 46.2 Å². The summed E-state index contributed by atoms with van der Waals surface area (Å²) in [5, 5.41) is 14.6. The number of nitrogen functional groups attached to an aromatic ring is 1. The average molecular weight is 290 g/mol. The fraction of sp³-hybridized carbons (Fsp3) is 0.267. The van der Waals surface area contributed by atoms with Crippen molar-refractivity contribution in [2.45, 2.75) is 25.8 Å². The van der Waals surface area contributed by atoms with Gasteiger partial charge in [-0.1, -0.05) is 19.4 Å². The zero-order valence-corrected chi connectivity index (χ0v) is 12.1. The van der Waals surface area contributed by atoms with Crippen LogP contribution in [0.25, 0.3) is 0 Å². The highest BCUT2D eigenvalue weighted by molar-refractivity contribution is 7.10. The number of nitrogens with two attached hydrogens (primary N) is 1. The summed E-state index contributed by atoms with van der Waals surface area (Å²) in [7, 11) is 0. The molecule has 0 saturated carbocycles. The zero-order chi connectivity index (χ0) is 14.5. The minimum absolute atomic E-state index is 0.111. The molecule has 0 amide bonds. The van der Waals surface area contributed by atoms with Gasteiger partial charge < -0.3 is 16.2 Å². The Morgan fingerprint density at radius 1 is 1.45 bits per heavy atom. The number of hydrogen-bond donors (Lipinski definition) is 3. The van der Waals surface area contributed by atoms with Crippen molar-refractivity contribution in [3.63, 3.8) is 0 Å². The first-order valence-corrected chi connectivity index (χ1v) is 7.42. The van der Waals surface area contributed by atoms with Gasteiger partial charge in [0.1, 0.15) is 0 Å². The van der Waals surface area contributed by atoms with Gasteiger partial charge in [-0.25, -0.2) is 4.79 Å². The quantitative estimate of drug-likeness (QED) is 0.703. The van der Waals surface area contributed by atoms with E-state index in [0.29, 0.717) is 11.4 Å². The second-order valence-electron chi connectivity index (χ2n) is 4.61. The molecule has 106 valence electrons. The molecule has 0 aliphatic heterocycles. The second kappa shape index (κ2) is 6.43. The first kappa shape index (κ1) is 14.4. The van der Waals surface area contributed by atoms with Gasteiger partial charge in [0.2, 0.25) is 0 Å². The van der Waals surface area contributed by atoms with Crippen LogP contribution in [0.3, 0.4) is 0 Å². The Hall–Kier alpha value is -2.01. The Morgan fingerprint density at radius 2 is 2.25 bits per heavy atom. The molecule has 4 nitrogen and oxygen atoms in total. The molecule has 4 N–H and O–H groups in total. The number of thiophene rings is 1. The number of carboxylic acids is 1. The second-order valence-corrected chi connectivity index (χ2v) is 5.59. The number of anilines is 2. The molecule has 1 heterocycles. The van der Waals surface area contributed by atoms with Gasteiger partial charge in [-0.3, -0.25) is 0 Å². The Bertz CT molecular complexity index is 582. The summed E-state index contributed by atoms with van der Waals surface area (Å²) in [6.45, 7) is 2.11. The van der Waals surface area contributed by atoms with Gasteiger partial charge in [0, 0.05) is 10.6 Å². The molecule has 0 radical (unpaired) electrons. The van der Waals surface area contributed by atoms with Gasteiger partial charge >= 0.3 is 5.97 Å². The molecule has 0 fully saturated rings. The van der Waals surface area contributed by atoms with E-state index in [4.69, 9.17) is 5.73 Å². The highest BCUT2D eigenvalue weighted by Gasteiger charge is 2.16. The van der Waals surface area contributed by atoms with E-state index in [1.807, 2.05) is 11.4 Å². The summed E-state index contributed by atoms with van der Waals surface area (Å²) in [6, 6.07) is 9.00.